The number of likely N-dealkylation sites (tertiary alicyclic amines) is 1. The van der Waals surface area contributed by atoms with Gasteiger partial charge in [-0.1, -0.05) is 0 Å². The van der Waals surface area contributed by atoms with E-state index in [-0.39, 0.29) is 12.1 Å². The van der Waals surface area contributed by atoms with Gasteiger partial charge in [-0.3, -0.25) is 0 Å². The minimum Gasteiger partial charge on any atom is -0.468 e. The number of urea groups is 1. The first-order chi connectivity index (χ1) is 8.16. The number of nitrogens with one attached hydrogen (secondary N) is 1. The molecule has 2 heterocycles. The van der Waals surface area contributed by atoms with E-state index in [1.807, 2.05) is 12.1 Å². The quantitative estimate of drug-likeness (QED) is 0.836. The summed E-state index contributed by atoms with van der Waals surface area (Å²) in [6, 6.07) is 4.17. The van der Waals surface area contributed by atoms with Crippen LogP contribution in [-0.4, -0.2) is 30.1 Å². The molecule has 1 aromatic heterocycles. The highest BCUT2D eigenvalue weighted by Crippen LogP contribution is 2.17. The molecule has 0 bridgehead atoms. The molecule has 5 nitrogen and oxygen atoms in total. The van der Waals surface area contributed by atoms with Gasteiger partial charge in [-0.05, 0) is 31.9 Å². The topological polar surface area (TPSA) is 71.5 Å². The van der Waals surface area contributed by atoms with Gasteiger partial charge in [0.1, 0.15) is 5.76 Å². The van der Waals surface area contributed by atoms with Crippen LogP contribution in [0.25, 0.3) is 0 Å². The zero-order valence-corrected chi connectivity index (χ0v) is 10.1. The zero-order chi connectivity index (χ0) is 12.3. The van der Waals surface area contributed by atoms with Crippen LogP contribution >= 0.6 is 0 Å². The molecule has 1 saturated heterocycles. The summed E-state index contributed by atoms with van der Waals surface area (Å²) in [6.45, 7) is 3.55. The predicted octanol–water partition coefficient (Wildman–Crippen LogP) is 1.47. The second kappa shape index (κ2) is 5.23. The number of nitrogens with two attached hydrogens (primary N) is 1. The molecule has 1 aliphatic heterocycles. The summed E-state index contributed by atoms with van der Waals surface area (Å²) < 4.78 is 5.35. The number of hydrogen-bond acceptors (Lipinski definition) is 3. The van der Waals surface area contributed by atoms with Crippen LogP contribution < -0.4 is 11.1 Å². The van der Waals surface area contributed by atoms with Gasteiger partial charge in [0.05, 0.1) is 12.3 Å². The second-order valence-corrected chi connectivity index (χ2v) is 4.50. The summed E-state index contributed by atoms with van der Waals surface area (Å²) in [5.41, 5.74) is 5.24. The van der Waals surface area contributed by atoms with Crippen molar-refractivity contribution in [2.45, 2.75) is 31.8 Å². The molecule has 17 heavy (non-hydrogen) atoms. The van der Waals surface area contributed by atoms with E-state index in [4.69, 9.17) is 10.2 Å². The zero-order valence-electron chi connectivity index (χ0n) is 10.1. The fourth-order valence-electron chi connectivity index (χ4n) is 2.24. The Labute approximate surface area is 101 Å². The average Bonchev–Trinajstić information content (AvgIpc) is 2.83. The fourth-order valence-corrected chi connectivity index (χ4v) is 2.24. The summed E-state index contributed by atoms with van der Waals surface area (Å²) in [6.07, 6.45) is 3.56. The number of carbonyl (C=O) groups excluding carboxylic acids is 1. The lowest BCUT2D eigenvalue weighted by molar-refractivity contribution is 0.181. The van der Waals surface area contributed by atoms with Crippen molar-refractivity contribution in [1.29, 1.82) is 0 Å². The smallest absolute Gasteiger partial charge is 0.314 e. The van der Waals surface area contributed by atoms with Crippen molar-refractivity contribution in [3.8, 4) is 0 Å². The normalized spacial score (nSPS) is 19.2. The number of piperidine rings is 1. The molecule has 2 rings (SSSR count). The fraction of sp³-hybridized carbons (Fsp3) is 0.583. The van der Waals surface area contributed by atoms with E-state index in [0.717, 1.165) is 31.7 Å². The molecule has 3 N–H and O–H groups in total. The van der Waals surface area contributed by atoms with Crippen LogP contribution in [0.2, 0.25) is 0 Å². The number of primary amides is 1. The molecule has 1 atom stereocenters. The molecule has 0 saturated carbocycles. The first-order valence-electron chi connectivity index (χ1n) is 6.00. The SMILES string of the molecule is CC(NC1CCN(C(N)=O)CC1)c1ccco1. The van der Waals surface area contributed by atoms with Crippen LogP contribution in [-0.2, 0) is 0 Å². The lowest BCUT2D eigenvalue weighted by Gasteiger charge is -2.32. The molecule has 94 valence electrons. The number of rotatable bonds is 3. The molecule has 0 aliphatic carbocycles. The Morgan fingerprint density at radius 2 is 2.29 bits per heavy atom. The van der Waals surface area contributed by atoms with Gasteiger partial charge in [-0.25, -0.2) is 4.79 Å². The number of amides is 2. The summed E-state index contributed by atoms with van der Waals surface area (Å²) in [4.78, 5) is 12.7. The molecule has 1 aliphatic rings. The van der Waals surface area contributed by atoms with Gasteiger partial charge in [0, 0.05) is 19.1 Å². The Kier molecular flexibility index (Phi) is 3.68. The minimum atomic E-state index is -0.317. The van der Waals surface area contributed by atoms with Crippen molar-refractivity contribution in [2.24, 2.45) is 5.73 Å². The Morgan fingerprint density at radius 1 is 1.59 bits per heavy atom. The van der Waals surface area contributed by atoms with Crippen LogP contribution in [0.1, 0.15) is 31.6 Å². The van der Waals surface area contributed by atoms with Crippen LogP contribution in [0.5, 0.6) is 0 Å². The van der Waals surface area contributed by atoms with Crippen molar-refractivity contribution in [1.82, 2.24) is 10.2 Å². The standard InChI is InChI=1S/C12H19N3O2/c1-9(11-3-2-8-17-11)14-10-4-6-15(7-5-10)12(13)16/h2-3,8-10,14H,4-7H2,1H3,(H2,13,16). The Bertz CT molecular complexity index is 356. The van der Waals surface area contributed by atoms with E-state index in [9.17, 15) is 4.79 Å². The third-order valence-electron chi connectivity index (χ3n) is 3.26. The van der Waals surface area contributed by atoms with Gasteiger partial charge in [-0.2, -0.15) is 0 Å². The van der Waals surface area contributed by atoms with Crippen molar-refractivity contribution in [3.63, 3.8) is 0 Å². The van der Waals surface area contributed by atoms with Gasteiger partial charge in [0.2, 0.25) is 0 Å². The molecule has 0 spiro atoms. The van der Waals surface area contributed by atoms with Crippen molar-refractivity contribution >= 4 is 6.03 Å². The second-order valence-electron chi connectivity index (χ2n) is 4.50. The highest BCUT2D eigenvalue weighted by molar-refractivity contribution is 5.72. The van der Waals surface area contributed by atoms with Crippen LogP contribution in [0, 0.1) is 0 Å². The first-order valence-corrected chi connectivity index (χ1v) is 6.00. The summed E-state index contributed by atoms with van der Waals surface area (Å²) in [5.74, 6) is 0.947. The molecule has 0 radical (unpaired) electrons. The molecule has 0 aromatic carbocycles. The van der Waals surface area contributed by atoms with Crippen molar-refractivity contribution in [3.05, 3.63) is 24.2 Å². The molecule has 1 unspecified atom stereocenters. The van der Waals surface area contributed by atoms with E-state index >= 15 is 0 Å². The van der Waals surface area contributed by atoms with E-state index in [2.05, 4.69) is 12.2 Å². The summed E-state index contributed by atoms with van der Waals surface area (Å²) in [5, 5.41) is 3.51. The Hall–Kier alpha value is -1.49. The van der Waals surface area contributed by atoms with Crippen LogP contribution in [0.15, 0.2) is 22.8 Å². The van der Waals surface area contributed by atoms with Gasteiger partial charge >= 0.3 is 6.03 Å². The van der Waals surface area contributed by atoms with Gasteiger partial charge < -0.3 is 20.4 Å². The third kappa shape index (κ3) is 3.00. The monoisotopic (exact) mass is 237 g/mol. The molecule has 2 amide bonds. The maximum Gasteiger partial charge on any atom is 0.314 e. The number of carbonyl (C=O) groups is 1. The van der Waals surface area contributed by atoms with Gasteiger partial charge in [-0.15, -0.1) is 0 Å². The summed E-state index contributed by atoms with van der Waals surface area (Å²) >= 11 is 0. The number of hydrogen-bond donors (Lipinski definition) is 2. The Balaban J connectivity index is 1.80. The maximum atomic E-state index is 11.0. The lowest BCUT2D eigenvalue weighted by atomic mass is 10.0. The summed E-state index contributed by atoms with van der Waals surface area (Å²) in [7, 11) is 0. The number of furan rings is 1. The van der Waals surface area contributed by atoms with Crippen LogP contribution in [0.4, 0.5) is 4.79 Å². The van der Waals surface area contributed by atoms with Gasteiger partial charge in [0.25, 0.3) is 0 Å². The van der Waals surface area contributed by atoms with Crippen LogP contribution in [0.3, 0.4) is 0 Å². The predicted molar refractivity (Wildman–Crippen MR) is 64.4 cm³/mol. The third-order valence-corrected chi connectivity index (χ3v) is 3.26. The average molecular weight is 237 g/mol. The highest BCUT2D eigenvalue weighted by Gasteiger charge is 2.22. The van der Waals surface area contributed by atoms with Crippen molar-refractivity contribution in [2.75, 3.05) is 13.1 Å². The molecule has 1 fully saturated rings. The highest BCUT2D eigenvalue weighted by atomic mass is 16.3. The molecule has 5 heteroatoms. The van der Waals surface area contributed by atoms with Gasteiger partial charge in [0.15, 0.2) is 0 Å². The Morgan fingerprint density at radius 3 is 2.82 bits per heavy atom. The molecular weight excluding hydrogens is 218 g/mol. The minimum absolute atomic E-state index is 0.204. The van der Waals surface area contributed by atoms with Crippen molar-refractivity contribution < 1.29 is 9.21 Å². The molecule has 1 aromatic rings. The van der Waals surface area contributed by atoms with E-state index in [0.29, 0.717) is 6.04 Å². The largest absolute Gasteiger partial charge is 0.468 e. The first kappa shape index (κ1) is 12.0. The number of nitrogens with zero attached hydrogens (tertiary/aromatic N) is 1. The maximum absolute atomic E-state index is 11.0. The van der Waals surface area contributed by atoms with E-state index < -0.39 is 0 Å². The molecular formula is C12H19N3O2. The van der Waals surface area contributed by atoms with E-state index in [1.54, 1.807) is 11.2 Å². The lowest BCUT2D eigenvalue weighted by Crippen LogP contribution is -2.47. The van der Waals surface area contributed by atoms with E-state index in [1.165, 1.54) is 0 Å².